The van der Waals surface area contributed by atoms with Crippen LogP contribution < -0.4 is 10.1 Å². The first-order chi connectivity index (χ1) is 14.6. The molecule has 0 saturated carbocycles. The lowest BCUT2D eigenvalue weighted by atomic mass is 9.72. The van der Waals surface area contributed by atoms with E-state index in [2.05, 4.69) is 10.5 Å². The van der Waals surface area contributed by atoms with Crippen LogP contribution in [0.5, 0.6) is 5.75 Å². The van der Waals surface area contributed by atoms with E-state index in [0.717, 1.165) is 22.6 Å². The predicted molar refractivity (Wildman–Crippen MR) is 110 cm³/mol. The van der Waals surface area contributed by atoms with Crippen molar-refractivity contribution in [2.75, 3.05) is 12.4 Å². The Morgan fingerprint density at radius 3 is 2.63 bits per heavy atom. The van der Waals surface area contributed by atoms with Crippen molar-refractivity contribution < 1.29 is 18.4 Å². The number of aryl methyl sites for hydroxylation is 1. The zero-order valence-corrected chi connectivity index (χ0v) is 16.7. The Balaban J connectivity index is 1.60. The third kappa shape index (κ3) is 2.91. The SMILES string of the molecule is COc1ccc([C@H]2CC(=O)C3=C(C2)Nc2onc(C)c2[C@@H]3c2ccccc2F)cc1. The Morgan fingerprint density at radius 1 is 1.13 bits per heavy atom. The van der Waals surface area contributed by atoms with E-state index in [4.69, 9.17) is 9.26 Å². The van der Waals surface area contributed by atoms with Gasteiger partial charge in [-0.3, -0.25) is 4.79 Å². The summed E-state index contributed by atoms with van der Waals surface area (Å²) in [6.45, 7) is 1.82. The molecule has 5 rings (SSSR count). The van der Waals surface area contributed by atoms with Crippen molar-refractivity contribution in [3.8, 4) is 5.75 Å². The zero-order chi connectivity index (χ0) is 20.8. The molecular weight excluding hydrogens is 383 g/mol. The van der Waals surface area contributed by atoms with Crippen LogP contribution in [0.25, 0.3) is 0 Å². The lowest BCUT2D eigenvalue weighted by molar-refractivity contribution is -0.116. The molecule has 0 saturated heterocycles. The number of aromatic nitrogens is 1. The predicted octanol–water partition coefficient (Wildman–Crippen LogP) is 5.09. The van der Waals surface area contributed by atoms with E-state index in [0.29, 0.717) is 35.6 Å². The van der Waals surface area contributed by atoms with Gasteiger partial charge in [0.2, 0.25) is 5.88 Å². The molecule has 0 radical (unpaired) electrons. The number of ketones is 1. The second-order valence-corrected chi connectivity index (χ2v) is 7.78. The average molecular weight is 404 g/mol. The Bertz CT molecular complexity index is 1160. The molecule has 2 heterocycles. The highest BCUT2D eigenvalue weighted by Crippen LogP contribution is 2.49. The van der Waals surface area contributed by atoms with Gasteiger partial charge in [0.05, 0.1) is 18.4 Å². The van der Waals surface area contributed by atoms with Crippen LogP contribution in [0.1, 0.15) is 47.1 Å². The standard InChI is InChI=1S/C24H21FN2O3/c1-13-21-22(17-5-3-4-6-18(17)25)23-19(26-24(21)30-27-13)11-15(12-20(23)28)14-7-9-16(29-2)10-8-14/h3-10,15,22,26H,11-12H2,1-2H3/t15-,22+/m1/s1. The molecule has 1 aromatic heterocycles. The molecule has 1 aliphatic carbocycles. The van der Waals surface area contributed by atoms with Crippen molar-refractivity contribution in [3.63, 3.8) is 0 Å². The Hall–Kier alpha value is -3.41. The van der Waals surface area contributed by atoms with Gasteiger partial charge in [-0.25, -0.2) is 4.39 Å². The second-order valence-electron chi connectivity index (χ2n) is 7.78. The molecule has 2 atom stereocenters. The van der Waals surface area contributed by atoms with Crippen LogP contribution in [0.3, 0.4) is 0 Å². The van der Waals surface area contributed by atoms with Crippen LogP contribution >= 0.6 is 0 Å². The molecule has 152 valence electrons. The van der Waals surface area contributed by atoms with Gasteiger partial charge in [-0.05, 0) is 43.0 Å². The van der Waals surface area contributed by atoms with Gasteiger partial charge in [-0.1, -0.05) is 35.5 Å². The topological polar surface area (TPSA) is 64.4 Å². The average Bonchev–Trinajstić information content (AvgIpc) is 3.13. The molecule has 5 nitrogen and oxygen atoms in total. The molecule has 0 amide bonds. The van der Waals surface area contributed by atoms with Crippen LogP contribution in [-0.2, 0) is 4.79 Å². The van der Waals surface area contributed by atoms with E-state index < -0.39 is 5.92 Å². The second kappa shape index (κ2) is 7.13. The number of anilines is 1. The minimum absolute atomic E-state index is 0.0177. The van der Waals surface area contributed by atoms with Crippen molar-refractivity contribution in [1.29, 1.82) is 0 Å². The maximum Gasteiger partial charge on any atom is 0.233 e. The zero-order valence-electron chi connectivity index (χ0n) is 16.7. The van der Waals surface area contributed by atoms with Gasteiger partial charge in [-0.2, -0.15) is 0 Å². The number of ether oxygens (including phenoxy) is 1. The van der Waals surface area contributed by atoms with Crippen LogP contribution in [0.4, 0.5) is 10.3 Å². The van der Waals surface area contributed by atoms with Crippen molar-refractivity contribution in [3.05, 3.63) is 88.0 Å². The van der Waals surface area contributed by atoms with Crippen LogP contribution in [-0.4, -0.2) is 18.0 Å². The summed E-state index contributed by atoms with van der Waals surface area (Å²) in [6.07, 6.45) is 1.01. The fourth-order valence-corrected chi connectivity index (χ4v) is 4.60. The van der Waals surface area contributed by atoms with E-state index in [1.54, 1.807) is 25.3 Å². The molecule has 1 N–H and O–H groups in total. The van der Waals surface area contributed by atoms with E-state index in [1.807, 2.05) is 31.2 Å². The van der Waals surface area contributed by atoms with Gasteiger partial charge >= 0.3 is 0 Å². The highest BCUT2D eigenvalue weighted by Gasteiger charge is 2.41. The number of allylic oxidation sites excluding steroid dienone is 2. The van der Waals surface area contributed by atoms with Crippen molar-refractivity contribution >= 4 is 11.7 Å². The summed E-state index contributed by atoms with van der Waals surface area (Å²) in [6, 6.07) is 14.4. The Labute approximate surface area is 173 Å². The lowest BCUT2D eigenvalue weighted by Crippen LogP contribution is -2.30. The molecular formula is C24H21FN2O3. The van der Waals surface area contributed by atoms with Crippen LogP contribution in [0.2, 0.25) is 0 Å². The molecule has 1 aliphatic heterocycles. The maximum absolute atomic E-state index is 14.8. The fourth-order valence-electron chi connectivity index (χ4n) is 4.60. The number of halogens is 1. The minimum atomic E-state index is -0.520. The van der Waals surface area contributed by atoms with E-state index in [1.165, 1.54) is 6.07 Å². The Morgan fingerprint density at radius 2 is 1.90 bits per heavy atom. The maximum atomic E-state index is 14.8. The molecule has 0 unspecified atom stereocenters. The number of methoxy groups -OCH3 is 1. The third-order valence-corrected chi connectivity index (χ3v) is 6.06. The smallest absolute Gasteiger partial charge is 0.233 e. The summed E-state index contributed by atoms with van der Waals surface area (Å²) in [4.78, 5) is 13.4. The van der Waals surface area contributed by atoms with Crippen LogP contribution in [0, 0.1) is 12.7 Å². The monoisotopic (exact) mass is 404 g/mol. The van der Waals surface area contributed by atoms with Crippen LogP contribution in [0.15, 0.2) is 64.3 Å². The molecule has 3 aromatic rings. The molecule has 0 spiro atoms. The third-order valence-electron chi connectivity index (χ3n) is 6.06. The number of fused-ring (bicyclic) bond motifs is 1. The molecule has 0 bridgehead atoms. The first-order valence-corrected chi connectivity index (χ1v) is 9.94. The van der Waals surface area contributed by atoms with E-state index >= 15 is 0 Å². The number of nitrogens with zero attached hydrogens (tertiary/aromatic N) is 1. The number of nitrogens with one attached hydrogen (secondary N) is 1. The van der Waals surface area contributed by atoms with Gasteiger partial charge in [0.15, 0.2) is 5.78 Å². The first-order valence-electron chi connectivity index (χ1n) is 9.94. The molecule has 6 heteroatoms. The highest BCUT2D eigenvalue weighted by atomic mass is 19.1. The summed E-state index contributed by atoms with van der Waals surface area (Å²) in [5, 5.41) is 7.35. The van der Waals surface area contributed by atoms with Crippen molar-refractivity contribution in [2.45, 2.75) is 31.6 Å². The molecule has 0 fully saturated rings. The normalized spacial score (nSPS) is 20.4. The van der Waals surface area contributed by atoms with Gasteiger partial charge < -0.3 is 14.6 Å². The number of carbonyl (C=O) groups is 1. The Kier molecular flexibility index (Phi) is 4.42. The van der Waals surface area contributed by atoms with Crippen molar-refractivity contribution in [2.24, 2.45) is 0 Å². The van der Waals surface area contributed by atoms with E-state index in [9.17, 15) is 9.18 Å². The molecule has 30 heavy (non-hydrogen) atoms. The van der Waals surface area contributed by atoms with Gasteiger partial charge in [0.25, 0.3) is 0 Å². The summed E-state index contributed by atoms with van der Waals surface area (Å²) in [5.74, 6) is 0.451. The van der Waals surface area contributed by atoms with Gasteiger partial charge in [-0.15, -0.1) is 0 Å². The van der Waals surface area contributed by atoms with Crippen molar-refractivity contribution in [1.82, 2.24) is 5.16 Å². The lowest BCUT2D eigenvalue weighted by Gasteiger charge is -2.34. The molecule has 2 aromatic carbocycles. The summed E-state index contributed by atoms with van der Waals surface area (Å²) in [7, 11) is 1.63. The fraction of sp³-hybridized carbons (Fsp3) is 0.250. The largest absolute Gasteiger partial charge is 0.497 e. The number of carbonyl (C=O) groups excluding carboxylic acids is 1. The summed E-state index contributed by atoms with van der Waals surface area (Å²) in [5.41, 5.74) is 4.32. The molecule has 2 aliphatic rings. The highest BCUT2D eigenvalue weighted by molar-refractivity contribution is 6.01. The number of Topliss-reactive ketones (excluding diaryl/α,β-unsaturated/α-hetero) is 1. The van der Waals surface area contributed by atoms with E-state index in [-0.39, 0.29) is 17.5 Å². The number of hydrogen-bond acceptors (Lipinski definition) is 5. The minimum Gasteiger partial charge on any atom is -0.497 e. The van der Waals surface area contributed by atoms with Gasteiger partial charge in [0, 0.05) is 29.2 Å². The number of rotatable bonds is 3. The summed E-state index contributed by atoms with van der Waals surface area (Å²) < 4.78 is 25.5. The summed E-state index contributed by atoms with van der Waals surface area (Å²) >= 11 is 0. The number of benzene rings is 2. The first kappa shape index (κ1) is 18.6. The quantitative estimate of drug-likeness (QED) is 0.659. The number of hydrogen-bond donors (Lipinski definition) is 1. The van der Waals surface area contributed by atoms with Gasteiger partial charge in [0.1, 0.15) is 11.6 Å².